The smallest absolute Gasteiger partial charge is 0.307 e. The molecule has 0 N–H and O–H groups in total. The number of hydrogen-bond acceptors (Lipinski definition) is 5. The van der Waals surface area contributed by atoms with E-state index in [1.165, 1.54) is 0 Å². The fourth-order valence-electron chi connectivity index (χ4n) is 4.30. The van der Waals surface area contributed by atoms with Crippen LogP contribution in [-0.2, 0) is 9.05 Å². The first-order valence-corrected chi connectivity index (χ1v) is 17.0. The van der Waals surface area contributed by atoms with Gasteiger partial charge >= 0.3 is 7.66 Å². The van der Waals surface area contributed by atoms with E-state index < -0.39 is 22.1 Å². The van der Waals surface area contributed by atoms with Crippen molar-refractivity contribution >= 4 is 43.3 Å². The Morgan fingerprint density at radius 3 is 1.06 bits per heavy atom. The van der Waals surface area contributed by atoms with E-state index >= 15 is 0 Å². The number of benzene rings is 4. The fourth-order valence-corrected chi connectivity index (χ4v) is 17.6. The second-order valence-electron chi connectivity index (χ2n) is 8.14. The van der Waals surface area contributed by atoms with E-state index in [0.717, 1.165) is 21.2 Å². The Morgan fingerprint density at radius 1 is 0.444 bits per heavy atom. The lowest BCUT2D eigenvalue weighted by atomic mass is 10.4. The maximum Gasteiger partial charge on any atom is 0.342 e. The van der Waals surface area contributed by atoms with Gasteiger partial charge in [0.15, 0.2) is 0 Å². The molecular formula is C28H30N3O2P3. The summed E-state index contributed by atoms with van der Waals surface area (Å²) in [4.78, 5) is 0. The molecule has 36 heavy (non-hydrogen) atoms. The molecule has 4 aromatic carbocycles. The van der Waals surface area contributed by atoms with Crippen LogP contribution in [0.25, 0.3) is 0 Å². The Kier molecular flexibility index (Phi) is 7.58. The van der Waals surface area contributed by atoms with Gasteiger partial charge in [0.25, 0.3) is 0 Å². The zero-order valence-electron chi connectivity index (χ0n) is 20.5. The molecule has 1 heterocycles. The summed E-state index contributed by atoms with van der Waals surface area (Å²) >= 11 is 0. The van der Waals surface area contributed by atoms with Gasteiger partial charge in [-0.25, -0.2) is 4.52 Å². The van der Waals surface area contributed by atoms with Crippen LogP contribution in [0.4, 0.5) is 0 Å². The molecule has 0 aromatic heterocycles. The summed E-state index contributed by atoms with van der Waals surface area (Å²) in [6.07, 6.45) is 0. The highest BCUT2D eigenvalue weighted by atomic mass is 31.3. The van der Waals surface area contributed by atoms with Crippen molar-refractivity contribution in [3.63, 3.8) is 0 Å². The first kappa shape index (κ1) is 25.2. The molecule has 0 bridgehead atoms. The molecule has 5 rings (SSSR count). The molecule has 0 atom stereocenters. The van der Waals surface area contributed by atoms with Crippen molar-refractivity contribution < 1.29 is 9.05 Å². The summed E-state index contributed by atoms with van der Waals surface area (Å²) in [6, 6.07) is 41.7. The highest BCUT2D eigenvalue weighted by Gasteiger charge is 2.42. The number of nitrogens with zero attached hydrogens (tertiary/aromatic N) is 3. The van der Waals surface area contributed by atoms with E-state index in [9.17, 15) is 0 Å². The van der Waals surface area contributed by atoms with E-state index in [4.69, 9.17) is 22.6 Å². The van der Waals surface area contributed by atoms with E-state index in [1.807, 2.05) is 38.1 Å². The molecule has 4 aromatic rings. The molecular weight excluding hydrogens is 503 g/mol. The minimum Gasteiger partial charge on any atom is -0.307 e. The Hall–Kier alpha value is -2.51. The van der Waals surface area contributed by atoms with Crippen LogP contribution < -0.4 is 21.2 Å². The molecule has 0 radical (unpaired) electrons. The van der Waals surface area contributed by atoms with Crippen molar-refractivity contribution in [3.05, 3.63) is 121 Å². The van der Waals surface area contributed by atoms with Crippen molar-refractivity contribution in [2.24, 2.45) is 13.5 Å². The predicted octanol–water partition coefficient (Wildman–Crippen LogP) is 7.55. The summed E-state index contributed by atoms with van der Waals surface area (Å²) in [5.74, 6) is 0. The summed E-state index contributed by atoms with van der Waals surface area (Å²) in [7, 11) is -8.49. The molecule has 0 spiro atoms. The van der Waals surface area contributed by atoms with Crippen LogP contribution in [0.15, 0.2) is 135 Å². The molecule has 5 nitrogen and oxygen atoms in total. The molecule has 184 valence electrons. The van der Waals surface area contributed by atoms with Crippen LogP contribution in [0.3, 0.4) is 0 Å². The van der Waals surface area contributed by atoms with E-state index in [2.05, 4.69) is 97.1 Å². The van der Waals surface area contributed by atoms with Gasteiger partial charge in [-0.3, -0.25) is 0 Å². The third-order valence-corrected chi connectivity index (χ3v) is 17.0. The van der Waals surface area contributed by atoms with E-state index in [1.54, 1.807) is 0 Å². The van der Waals surface area contributed by atoms with Crippen molar-refractivity contribution in [2.45, 2.75) is 13.8 Å². The summed E-state index contributed by atoms with van der Waals surface area (Å²) in [5.41, 5.74) is 0. The first-order valence-electron chi connectivity index (χ1n) is 12.1. The quantitative estimate of drug-likeness (QED) is 0.220. The van der Waals surface area contributed by atoms with Gasteiger partial charge in [-0.1, -0.05) is 121 Å². The number of rotatable bonds is 8. The Bertz CT molecular complexity index is 1300. The summed E-state index contributed by atoms with van der Waals surface area (Å²) < 4.78 is 29.7. The normalized spacial score (nSPS) is 17.3. The Labute approximate surface area is 214 Å². The van der Waals surface area contributed by atoms with Crippen LogP contribution in [0.1, 0.15) is 13.8 Å². The van der Waals surface area contributed by atoms with Crippen molar-refractivity contribution in [2.75, 3.05) is 13.2 Å². The molecule has 1 aliphatic heterocycles. The lowest BCUT2D eigenvalue weighted by Gasteiger charge is -2.36. The average molecular weight is 533 g/mol. The largest absolute Gasteiger partial charge is 0.342 e. The number of hydrogen-bond donors (Lipinski definition) is 0. The maximum absolute atomic E-state index is 6.46. The second kappa shape index (κ2) is 10.9. The van der Waals surface area contributed by atoms with Crippen molar-refractivity contribution in [1.82, 2.24) is 0 Å². The standard InChI is InChI=1S/C28H30N3O2P3/c1-3-32-36(33-4-2)30-34(25-17-9-5-10-18-25,26-19-11-6-12-20-26)29-35(31-36,27-21-13-7-14-22-27)28-23-15-8-16-24-28/h5-24H,3-4H2,1-2H3. The van der Waals surface area contributed by atoms with Crippen LogP contribution in [0.5, 0.6) is 0 Å². The monoisotopic (exact) mass is 533 g/mol. The SMILES string of the molecule is CCOP1(OCC)=NP(c2ccccc2)(c2ccccc2)=NP(c2ccccc2)(c2ccccc2)=N1. The third-order valence-electron chi connectivity index (χ3n) is 5.80. The minimum absolute atomic E-state index is 0.452. The molecule has 0 saturated heterocycles. The van der Waals surface area contributed by atoms with Crippen LogP contribution in [0.2, 0.25) is 0 Å². The third kappa shape index (κ3) is 4.63. The molecule has 0 amide bonds. The predicted molar refractivity (Wildman–Crippen MR) is 156 cm³/mol. The molecule has 0 saturated carbocycles. The van der Waals surface area contributed by atoms with Gasteiger partial charge in [0, 0.05) is 21.2 Å². The first-order chi connectivity index (χ1) is 17.7. The topological polar surface area (TPSA) is 55.5 Å². The molecule has 1 aliphatic rings. The Balaban J connectivity index is 2.04. The zero-order valence-corrected chi connectivity index (χ0v) is 23.1. The lowest BCUT2D eigenvalue weighted by molar-refractivity contribution is 0.260. The van der Waals surface area contributed by atoms with E-state index in [0.29, 0.717) is 13.2 Å². The molecule has 0 aliphatic carbocycles. The van der Waals surface area contributed by atoms with Gasteiger partial charge in [0.05, 0.1) is 13.2 Å². The molecule has 0 unspecified atom stereocenters. The maximum atomic E-state index is 6.46. The van der Waals surface area contributed by atoms with Crippen LogP contribution in [-0.4, -0.2) is 13.2 Å². The average Bonchev–Trinajstić information content (AvgIpc) is 2.95. The molecule has 8 heteroatoms. The highest BCUT2D eigenvalue weighted by Crippen LogP contribution is 2.77. The minimum atomic E-state index is -3.04. The lowest BCUT2D eigenvalue weighted by Crippen LogP contribution is -2.21. The Morgan fingerprint density at radius 2 is 0.750 bits per heavy atom. The van der Waals surface area contributed by atoms with Gasteiger partial charge in [0.2, 0.25) is 0 Å². The van der Waals surface area contributed by atoms with Gasteiger partial charge in [-0.15, -0.1) is 0 Å². The van der Waals surface area contributed by atoms with Crippen molar-refractivity contribution in [3.8, 4) is 0 Å². The fraction of sp³-hybridized carbons (Fsp3) is 0.143. The van der Waals surface area contributed by atoms with Gasteiger partial charge in [-0.05, 0) is 13.8 Å². The second-order valence-corrected chi connectivity index (χ2v) is 16.3. The van der Waals surface area contributed by atoms with Gasteiger partial charge < -0.3 is 9.05 Å². The highest BCUT2D eigenvalue weighted by molar-refractivity contribution is 7.95. The summed E-state index contributed by atoms with van der Waals surface area (Å²) in [6.45, 7) is 4.86. The van der Waals surface area contributed by atoms with Crippen LogP contribution in [0, 0.1) is 0 Å². The van der Waals surface area contributed by atoms with Crippen LogP contribution >= 0.6 is 22.1 Å². The van der Waals surface area contributed by atoms with Gasteiger partial charge in [0.1, 0.15) is 14.4 Å². The zero-order chi connectivity index (χ0) is 24.9. The molecule has 0 fully saturated rings. The summed E-state index contributed by atoms with van der Waals surface area (Å²) in [5, 5.41) is 4.30. The van der Waals surface area contributed by atoms with Crippen molar-refractivity contribution in [1.29, 1.82) is 0 Å². The van der Waals surface area contributed by atoms with E-state index in [-0.39, 0.29) is 0 Å². The van der Waals surface area contributed by atoms with Gasteiger partial charge in [-0.2, -0.15) is 9.03 Å².